The highest BCUT2D eigenvalue weighted by Crippen LogP contribution is 2.28. The van der Waals surface area contributed by atoms with Crippen LogP contribution in [0.1, 0.15) is 11.5 Å². The summed E-state index contributed by atoms with van der Waals surface area (Å²) in [5.41, 5.74) is 5.27. The third-order valence-corrected chi connectivity index (χ3v) is 3.13. The molecule has 0 aliphatic rings. The second-order valence-corrected chi connectivity index (χ2v) is 4.86. The lowest BCUT2D eigenvalue weighted by Gasteiger charge is -2.07. The zero-order valence-corrected chi connectivity index (χ0v) is 12.7. The van der Waals surface area contributed by atoms with Crippen molar-refractivity contribution in [1.82, 2.24) is 0 Å². The first-order chi connectivity index (χ1) is 11.4. The Bertz CT molecular complexity index is 745. The molecule has 8 nitrogen and oxygen atoms in total. The molecule has 1 aromatic carbocycles. The molecule has 0 fully saturated rings. The Labute approximate surface area is 136 Å². The van der Waals surface area contributed by atoms with Crippen molar-refractivity contribution < 1.29 is 28.0 Å². The van der Waals surface area contributed by atoms with E-state index in [4.69, 9.17) is 14.9 Å². The van der Waals surface area contributed by atoms with Crippen LogP contribution < -0.4 is 10.5 Å². The molecule has 9 heteroatoms. The summed E-state index contributed by atoms with van der Waals surface area (Å²) in [4.78, 5) is 21.5. The molecule has 1 unspecified atom stereocenters. The Balaban J connectivity index is 2.02. The van der Waals surface area contributed by atoms with E-state index in [2.05, 4.69) is 4.74 Å². The average Bonchev–Trinajstić information content (AvgIpc) is 2.99. The summed E-state index contributed by atoms with van der Waals surface area (Å²) in [7, 11) is 1.23. The van der Waals surface area contributed by atoms with Gasteiger partial charge in [-0.05, 0) is 18.2 Å². The number of nitro groups is 1. The van der Waals surface area contributed by atoms with Crippen molar-refractivity contribution in [2.45, 2.75) is 19.1 Å². The van der Waals surface area contributed by atoms with E-state index in [1.807, 2.05) is 0 Å². The number of ether oxygens (including phenoxy) is 2. The highest BCUT2D eigenvalue weighted by atomic mass is 19.1. The van der Waals surface area contributed by atoms with Crippen LogP contribution in [0.3, 0.4) is 0 Å². The summed E-state index contributed by atoms with van der Waals surface area (Å²) in [6, 6.07) is 5.23. The van der Waals surface area contributed by atoms with Gasteiger partial charge in [0.05, 0.1) is 12.0 Å². The molecule has 0 radical (unpaired) electrons. The molecule has 0 bridgehead atoms. The standard InChI is InChI=1S/C15H15FN2O6/c1-22-15(19)12(17)7-10-3-4-11(24-10)8-23-14-6-9(16)2-5-13(14)18(20)21/h2-6,12H,7-8,17H2,1H3. The number of halogens is 1. The van der Waals surface area contributed by atoms with Crippen molar-refractivity contribution in [2.24, 2.45) is 5.73 Å². The van der Waals surface area contributed by atoms with Gasteiger partial charge in [0.2, 0.25) is 0 Å². The number of nitrogens with two attached hydrogens (primary N) is 1. The Morgan fingerprint density at radius 2 is 2.08 bits per heavy atom. The van der Waals surface area contributed by atoms with Crippen molar-refractivity contribution in [2.75, 3.05) is 7.11 Å². The van der Waals surface area contributed by atoms with Crippen molar-refractivity contribution in [1.29, 1.82) is 0 Å². The highest BCUT2D eigenvalue weighted by molar-refractivity contribution is 5.75. The molecule has 0 spiro atoms. The molecule has 1 heterocycles. The summed E-state index contributed by atoms with van der Waals surface area (Å²) >= 11 is 0. The minimum Gasteiger partial charge on any atom is -0.479 e. The lowest BCUT2D eigenvalue weighted by Crippen LogP contribution is -2.33. The molecule has 0 saturated heterocycles. The van der Waals surface area contributed by atoms with Gasteiger partial charge >= 0.3 is 11.7 Å². The number of carbonyl (C=O) groups is 1. The summed E-state index contributed by atoms with van der Waals surface area (Å²) in [6.07, 6.45) is 0.132. The molecule has 2 N–H and O–H groups in total. The quantitative estimate of drug-likeness (QED) is 0.465. The van der Waals surface area contributed by atoms with Gasteiger partial charge in [0.1, 0.15) is 30.0 Å². The van der Waals surface area contributed by atoms with E-state index < -0.39 is 22.8 Å². The Morgan fingerprint density at radius 1 is 1.38 bits per heavy atom. The minimum atomic E-state index is -0.862. The van der Waals surface area contributed by atoms with Gasteiger partial charge in [-0.25, -0.2) is 4.39 Å². The van der Waals surface area contributed by atoms with Gasteiger partial charge in [0.25, 0.3) is 0 Å². The Hall–Kier alpha value is -2.94. The van der Waals surface area contributed by atoms with Gasteiger partial charge in [0, 0.05) is 18.6 Å². The van der Waals surface area contributed by atoms with Crippen LogP contribution in [0.25, 0.3) is 0 Å². The third-order valence-electron chi connectivity index (χ3n) is 3.13. The first-order valence-corrected chi connectivity index (χ1v) is 6.88. The van der Waals surface area contributed by atoms with E-state index in [0.29, 0.717) is 11.5 Å². The van der Waals surface area contributed by atoms with Gasteiger partial charge < -0.3 is 19.6 Å². The van der Waals surface area contributed by atoms with Crippen LogP contribution in [0.4, 0.5) is 10.1 Å². The molecule has 0 aliphatic carbocycles. The van der Waals surface area contributed by atoms with E-state index in [1.165, 1.54) is 7.11 Å². The van der Waals surface area contributed by atoms with Crippen LogP contribution in [-0.4, -0.2) is 24.0 Å². The van der Waals surface area contributed by atoms with E-state index in [1.54, 1.807) is 12.1 Å². The molecule has 0 saturated carbocycles. The molecule has 24 heavy (non-hydrogen) atoms. The predicted molar refractivity (Wildman–Crippen MR) is 79.8 cm³/mol. The monoisotopic (exact) mass is 338 g/mol. The highest BCUT2D eigenvalue weighted by Gasteiger charge is 2.18. The van der Waals surface area contributed by atoms with Gasteiger partial charge in [-0.15, -0.1) is 0 Å². The summed E-state index contributed by atoms with van der Waals surface area (Å²) in [5.74, 6) is -0.649. The largest absolute Gasteiger partial charge is 0.479 e. The molecule has 1 aromatic heterocycles. The van der Waals surface area contributed by atoms with E-state index >= 15 is 0 Å². The van der Waals surface area contributed by atoms with Crippen molar-refractivity contribution in [3.63, 3.8) is 0 Å². The number of esters is 1. The van der Waals surface area contributed by atoms with Gasteiger partial charge in [-0.1, -0.05) is 0 Å². The van der Waals surface area contributed by atoms with Gasteiger partial charge in [0.15, 0.2) is 5.75 Å². The van der Waals surface area contributed by atoms with Crippen LogP contribution in [-0.2, 0) is 22.6 Å². The maximum Gasteiger partial charge on any atom is 0.323 e. The number of benzene rings is 1. The van der Waals surface area contributed by atoms with Crippen LogP contribution in [0.2, 0.25) is 0 Å². The molecular weight excluding hydrogens is 323 g/mol. The van der Waals surface area contributed by atoms with Gasteiger partial charge in [-0.3, -0.25) is 14.9 Å². The Morgan fingerprint density at radius 3 is 2.75 bits per heavy atom. The fraction of sp³-hybridized carbons (Fsp3) is 0.267. The first-order valence-electron chi connectivity index (χ1n) is 6.88. The number of rotatable bonds is 7. The summed E-state index contributed by atoms with van der Waals surface area (Å²) in [6.45, 7) is -0.141. The number of nitro benzene ring substituents is 1. The Kier molecular flexibility index (Phi) is 5.48. The molecule has 2 rings (SSSR count). The van der Waals surface area contributed by atoms with E-state index in [9.17, 15) is 19.3 Å². The topological polar surface area (TPSA) is 118 Å². The third kappa shape index (κ3) is 4.29. The second-order valence-electron chi connectivity index (χ2n) is 4.86. The molecule has 1 atom stereocenters. The average molecular weight is 338 g/mol. The number of hydrogen-bond donors (Lipinski definition) is 1. The minimum absolute atomic E-state index is 0.132. The number of carbonyl (C=O) groups excluding carboxylic acids is 1. The van der Waals surface area contributed by atoms with Crippen LogP contribution in [0.15, 0.2) is 34.7 Å². The zero-order valence-electron chi connectivity index (χ0n) is 12.7. The fourth-order valence-electron chi connectivity index (χ4n) is 1.96. The molecular formula is C15H15FN2O6. The summed E-state index contributed by atoms with van der Waals surface area (Å²) in [5, 5.41) is 10.9. The van der Waals surface area contributed by atoms with E-state index in [-0.39, 0.29) is 24.5 Å². The SMILES string of the molecule is COC(=O)C(N)Cc1ccc(COc2cc(F)ccc2[N+](=O)[O-])o1. The molecule has 0 amide bonds. The number of methoxy groups -OCH3 is 1. The zero-order chi connectivity index (χ0) is 17.7. The van der Waals surface area contributed by atoms with Crippen LogP contribution >= 0.6 is 0 Å². The van der Waals surface area contributed by atoms with Crippen molar-refractivity contribution in [3.8, 4) is 5.75 Å². The number of furan rings is 1. The first kappa shape index (κ1) is 17.4. The molecule has 2 aromatic rings. The second kappa shape index (κ2) is 7.55. The molecule has 0 aliphatic heterocycles. The maximum absolute atomic E-state index is 13.2. The van der Waals surface area contributed by atoms with Crippen molar-refractivity contribution >= 4 is 11.7 Å². The lowest BCUT2D eigenvalue weighted by molar-refractivity contribution is -0.386. The maximum atomic E-state index is 13.2. The predicted octanol–water partition coefficient (Wildman–Crippen LogP) is 1.95. The van der Waals surface area contributed by atoms with Gasteiger partial charge in [-0.2, -0.15) is 0 Å². The normalized spacial score (nSPS) is 11.8. The smallest absolute Gasteiger partial charge is 0.323 e. The summed E-state index contributed by atoms with van der Waals surface area (Å²) < 4.78 is 28.4. The van der Waals surface area contributed by atoms with Crippen molar-refractivity contribution in [3.05, 3.63) is 57.8 Å². The number of nitrogens with zero attached hydrogens (tertiary/aromatic N) is 1. The lowest BCUT2D eigenvalue weighted by atomic mass is 10.2. The van der Waals surface area contributed by atoms with Crippen LogP contribution in [0.5, 0.6) is 5.75 Å². The fourth-order valence-corrected chi connectivity index (χ4v) is 1.96. The van der Waals surface area contributed by atoms with Crippen LogP contribution in [0, 0.1) is 15.9 Å². The number of hydrogen-bond acceptors (Lipinski definition) is 7. The van der Waals surface area contributed by atoms with E-state index in [0.717, 1.165) is 18.2 Å². The molecule has 128 valence electrons.